The van der Waals surface area contributed by atoms with Crippen LogP contribution in [0.5, 0.6) is 5.75 Å². The number of benzene rings is 1. The topological polar surface area (TPSA) is 9.23 Å². The first kappa shape index (κ1) is 13.4. The van der Waals surface area contributed by atoms with Crippen LogP contribution in [-0.2, 0) is 0 Å². The van der Waals surface area contributed by atoms with Crippen molar-refractivity contribution in [3.63, 3.8) is 0 Å². The van der Waals surface area contributed by atoms with E-state index < -0.39 is 6.36 Å². The van der Waals surface area contributed by atoms with Gasteiger partial charge in [0.25, 0.3) is 0 Å². The molecule has 90 valence electrons. The van der Waals surface area contributed by atoms with Crippen molar-refractivity contribution < 1.29 is 17.9 Å². The van der Waals surface area contributed by atoms with Crippen LogP contribution >= 0.6 is 15.9 Å². The zero-order valence-electron chi connectivity index (χ0n) is 8.88. The minimum atomic E-state index is -4.63. The van der Waals surface area contributed by atoms with Gasteiger partial charge in [-0.25, -0.2) is 0 Å². The Bertz CT molecular complexity index is 332. The lowest BCUT2D eigenvalue weighted by molar-refractivity contribution is -0.274. The van der Waals surface area contributed by atoms with Crippen LogP contribution in [0.15, 0.2) is 24.3 Å². The Balaban J connectivity index is 2.76. The third-order valence-corrected chi connectivity index (χ3v) is 3.12. The van der Waals surface area contributed by atoms with Crippen molar-refractivity contribution >= 4 is 15.9 Å². The Kier molecular flexibility index (Phi) is 4.24. The third kappa shape index (κ3) is 4.04. The Morgan fingerprint density at radius 3 is 2.00 bits per heavy atom. The molecule has 0 saturated heterocycles. The summed E-state index contributed by atoms with van der Waals surface area (Å²) < 4.78 is 39.5. The molecule has 0 aliphatic carbocycles. The van der Waals surface area contributed by atoms with E-state index in [-0.39, 0.29) is 16.5 Å². The fraction of sp³-hybridized carbons (Fsp3) is 0.455. The summed E-state index contributed by atoms with van der Waals surface area (Å²) in [5.74, 6) is 0.0469. The first-order valence-corrected chi connectivity index (χ1v) is 5.71. The Morgan fingerprint density at radius 2 is 1.62 bits per heavy atom. The van der Waals surface area contributed by atoms with Gasteiger partial charge < -0.3 is 4.74 Å². The highest BCUT2D eigenvalue weighted by Gasteiger charge is 2.31. The fourth-order valence-electron chi connectivity index (χ4n) is 1.24. The van der Waals surface area contributed by atoms with Crippen LogP contribution in [-0.4, -0.2) is 11.2 Å². The van der Waals surface area contributed by atoms with Crippen molar-refractivity contribution in [3.8, 4) is 5.75 Å². The molecule has 0 spiro atoms. The van der Waals surface area contributed by atoms with Gasteiger partial charge in [0.2, 0.25) is 0 Å². The molecule has 0 fully saturated rings. The van der Waals surface area contributed by atoms with Crippen LogP contribution in [0.2, 0.25) is 0 Å². The maximum Gasteiger partial charge on any atom is 0.573 e. The average Bonchev–Trinajstić information content (AvgIpc) is 2.15. The molecule has 0 N–H and O–H groups in total. The van der Waals surface area contributed by atoms with Crippen molar-refractivity contribution in [2.24, 2.45) is 0 Å². The second-order valence-electron chi connectivity index (χ2n) is 3.58. The van der Waals surface area contributed by atoms with Crippen LogP contribution < -0.4 is 4.74 Å². The predicted octanol–water partition coefficient (Wildman–Crippen LogP) is 4.47. The molecular weight excluding hydrogens is 285 g/mol. The highest BCUT2D eigenvalue weighted by Crippen LogP contribution is 2.28. The van der Waals surface area contributed by atoms with Crippen molar-refractivity contribution in [2.75, 3.05) is 0 Å². The van der Waals surface area contributed by atoms with E-state index in [1.54, 1.807) is 12.1 Å². The van der Waals surface area contributed by atoms with Crippen LogP contribution in [0.25, 0.3) is 0 Å². The van der Waals surface area contributed by atoms with E-state index in [1.165, 1.54) is 12.1 Å². The summed E-state index contributed by atoms with van der Waals surface area (Å²) in [5.41, 5.74) is 0.971. The summed E-state index contributed by atoms with van der Waals surface area (Å²) in [4.78, 5) is 0.266. The molecule has 5 heteroatoms. The molecule has 1 aromatic rings. The minimum Gasteiger partial charge on any atom is -0.406 e. The summed E-state index contributed by atoms with van der Waals surface area (Å²) in [6.07, 6.45) is -4.63. The Morgan fingerprint density at radius 1 is 1.12 bits per heavy atom. The van der Waals surface area contributed by atoms with E-state index in [2.05, 4.69) is 20.7 Å². The Hall–Kier alpha value is -0.710. The van der Waals surface area contributed by atoms with E-state index in [9.17, 15) is 13.2 Å². The lowest BCUT2D eigenvalue weighted by Crippen LogP contribution is -2.17. The molecule has 2 unspecified atom stereocenters. The van der Waals surface area contributed by atoms with Crippen LogP contribution in [0.1, 0.15) is 25.3 Å². The maximum atomic E-state index is 11.9. The molecule has 0 aromatic heterocycles. The first-order chi connectivity index (χ1) is 7.29. The van der Waals surface area contributed by atoms with Crippen LogP contribution in [0.4, 0.5) is 13.2 Å². The van der Waals surface area contributed by atoms with Gasteiger partial charge in [-0.05, 0) is 23.6 Å². The molecule has 0 bridgehead atoms. The molecule has 16 heavy (non-hydrogen) atoms. The van der Waals surface area contributed by atoms with Gasteiger partial charge >= 0.3 is 6.36 Å². The normalized spacial score (nSPS) is 15.6. The van der Waals surface area contributed by atoms with Crippen LogP contribution in [0.3, 0.4) is 0 Å². The van der Waals surface area contributed by atoms with Gasteiger partial charge in [0, 0.05) is 4.83 Å². The largest absolute Gasteiger partial charge is 0.573 e. The molecular formula is C11H12BrF3O. The molecule has 0 radical (unpaired) electrons. The fourth-order valence-corrected chi connectivity index (χ4v) is 1.54. The molecule has 0 aliphatic rings. The molecule has 0 amide bonds. The summed E-state index contributed by atoms with van der Waals surface area (Å²) in [5, 5.41) is 0. The van der Waals surface area contributed by atoms with E-state index >= 15 is 0 Å². The van der Waals surface area contributed by atoms with Crippen molar-refractivity contribution in [3.05, 3.63) is 29.8 Å². The summed E-state index contributed by atoms with van der Waals surface area (Å²) >= 11 is 3.43. The van der Waals surface area contributed by atoms with Crippen molar-refractivity contribution in [1.82, 2.24) is 0 Å². The lowest BCUT2D eigenvalue weighted by Gasteiger charge is -2.15. The van der Waals surface area contributed by atoms with Gasteiger partial charge in [-0.3, -0.25) is 0 Å². The zero-order chi connectivity index (χ0) is 12.3. The number of alkyl halides is 4. The zero-order valence-corrected chi connectivity index (χ0v) is 10.5. The second kappa shape index (κ2) is 5.08. The van der Waals surface area contributed by atoms with Crippen molar-refractivity contribution in [1.29, 1.82) is 0 Å². The number of rotatable bonds is 3. The predicted molar refractivity (Wildman–Crippen MR) is 59.9 cm³/mol. The molecule has 1 aromatic carbocycles. The van der Waals surface area contributed by atoms with E-state index in [0.29, 0.717) is 0 Å². The second-order valence-corrected chi connectivity index (χ2v) is 5.03. The van der Waals surface area contributed by atoms with Gasteiger partial charge in [0.05, 0.1) is 0 Å². The number of ether oxygens (including phenoxy) is 1. The minimum absolute atomic E-state index is 0.189. The quantitative estimate of drug-likeness (QED) is 0.748. The van der Waals surface area contributed by atoms with Crippen LogP contribution in [0, 0.1) is 0 Å². The molecule has 1 nitrogen and oxygen atoms in total. The van der Waals surface area contributed by atoms with E-state index in [1.807, 2.05) is 13.8 Å². The summed E-state index contributed by atoms with van der Waals surface area (Å²) in [6.45, 7) is 3.99. The SMILES string of the molecule is CC(Br)C(C)c1ccc(OC(F)(F)F)cc1. The van der Waals surface area contributed by atoms with Gasteiger partial charge in [0.15, 0.2) is 0 Å². The molecule has 0 saturated carbocycles. The summed E-state index contributed by atoms with van der Waals surface area (Å²) in [6, 6.07) is 5.94. The van der Waals surface area contributed by atoms with Gasteiger partial charge in [-0.1, -0.05) is 41.9 Å². The number of hydrogen-bond acceptors (Lipinski definition) is 1. The molecule has 0 heterocycles. The number of hydrogen-bond donors (Lipinski definition) is 0. The summed E-state index contributed by atoms with van der Waals surface area (Å²) in [7, 11) is 0. The van der Waals surface area contributed by atoms with Gasteiger partial charge in [-0.15, -0.1) is 13.2 Å². The standard InChI is InChI=1S/C11H12BrF3O/c1-7(8(2)12)9-3-5-10(6-4-9)16-11(13,14)15/h3-8H,1-2H3. The third-order valence-electron chi connectivity index (χ3n) is 2.33. The van der Waals surface area contributed by atoms with Gasteiger partial charge in [0.1, 0.15) is 5.75 Å². The van der Waals surface area contributed by atoms with E-state index in [0.717, 1.165) is 5.56 Å². The Labute approximate surface area is 101 Å². The highest BCUT2D eigenvalue weighted by atomic mass is 79.9. The van der Waals surface area contributed by atoms with E-state index in [4.69, 9.17) is 0 Å². The van der Waals surface area contributed by atoms with Crippen molar-refractivity contribution in [2.45, 2.75) is 31.0 Å². The lowest BCUT2D eigenvalue weighted by atomic mass is 9.99. The highest BCUT2D eigenvalue weighted by molar-refractivity contribution is 9.09. The first-order valence-electron chi connectivity index (χ1n) is 4.79. The molecule has 2 atom stereocenters. The average molecular weight is 297 g/mol. The monoisotopic (exact) mass is 296 g/mol. The maximum absolute atomic E-state index is 11.9. The molecule has 0 aliphatic heterocycles. The smallest absolute Gasteiger partial charge is 0.406 e. The molecule has 1 rings (SSSR count). The number of halogens is 4. The van der Waals surface area contributed by atoms with Gasteiger partial charge in [-0.2, -0.15) is 0 Å².